The van der Waals surface area contributed by atoms with Crippen LogP contribution in [0.2, 0.25) is 0 Å². The van der Waals surface area contributed by atoms with Crippen LogP contribution >= 0.6 is 11.3 Å². The number of halogens is 3. The maximum atomic E-state index is 12.9. The van der Waals surface area contributed by atoms with Gasteiger partial charge in [-0.25, -0.2) is 4.98 Å². The molecule has 12 heteroatoms. The largest absolute Gasteiger partial charge is 0.489 e. The third-order valence-corrected chi connectivity index (χ3v) is 8.06. The van der Waals surface area contributed by atoms with E-state index in [1.54, 1.807) is 16.2 Å². The molecule has 0 bridgehead atoms. The molecule has 0 radical (unpaired) electrons. The maximum Gasteiger partial charge on any atom is 0.435 e. The lowest BCUT2D eigenvalue weighted by molar-refractivity contribution is -0.142. The van der Waals surface area contributed by atoms with Gasteiger partial charge in [-0.2, -0.15) is 18.3 Å². The fourth-order valence-electron chi connectivity index (χ4n) is 4.98. The van der Waals surface area contributed by atoms with Crippen molar-refractivity contribution in [1.29, 1.82) is 0 Å². The van der Waals surface area contributed by atoms with Crippen molar-refractivity contribution in [3.05, 3.63) is 69.4 Å². The van der Waals surface area contributed by atoms with Gasteiger partial charge in [0.05, 0.1) is 16.4 Å². The Balaban J connectivity index is 1.08. The zero-order valence-corrected chi connectivity index (χ0v) is 20.7. The van der Waals surface area contributed by atoms with Crippen molar-refractivity contribution in [2.75, 3.05) is 19.7 Å². The number of amides is 1. The van der Waals surface area contributed by atoms with Crippen LogP contribution in [0.15, 0.2) is 41.8 Å². The number of hydrogen-bond acceptors (Lipinski definition) is 7. The number of nitrogens with one attached hydrogen (secondary N) is 1. The normalized spacial score (nSPS) is 21.6. The summed E-state index contributed by atoms with van der Waals surface area (Å²) in [5.74, 6) is 0.782. The summed E-state index contributed by atoms with van der Waals surface area (Å²) in [5, 5.41) is 6.55. The van der Waals surface area contributed by atoms with Gasteiger partial charge < -0.3 is 9.64 Å². The van der Waals surface area contributed by atoms with Crippen molar-refractivity contribution < 1.29 is 27.5 Å². The highest BCUT2D eigenvalue weighted by Crippen LogP contribution is 2.44. The first-order valence-corrected chi connectivity index (χ1v) is 12.8. The molecule has 1 N–H and O–H groups in total. The number of benzene rings is 1. The molecule has 0 unspecified atom stereocenters. The third-order valence-electron chi connectivity index (χ3n) is 7.06. The molecule has 1 spiro atoms. The minimum atomic E-state index is -4.53. The van der Waals surface area contributed by atoms with Gasteiger partial charge in [-0.3, -0.25) is 19.8 Å². The van der Waals surface area contributed by atoms with Gasteiger partial charge in [0.25, 0.3) is 0 Å². The van der Waals surface area contributed by atoms with E-state index in [0.29, 0.717) is 25.4 Å². The molecule has 0 aliphatic carbocycles. The predicted molar refractivity (Wildman–Crippen MR) is 128 cm³/mol. The SMILES string of the molecule is Cc1cc(C(F)(F)F)nn1CC(=O)N1CCC(c2nc(C3=C[C@@]4(COc5ccccc54)ON3)cs2)CC1. The first-order chi connectivity index (χ1) is 17.7. The van der Waals surface area contributed by atoms with Crippen LogP contribution in [0, 0.1) is 6.92 Å². The number of piperidine rings is 1. The van der Waals surface area contributed by atoms with Crippen molar-refractivity contribution in [1.82, 2.24) is 25.1 Å². The van der Waals surface area contributed by atoms with E-state index in [0.717, 1.165) is 51.3 Å². The highest BCUT2D eigenvalue weighted by molar-refractivity contribution is 7.09. The Morgan fingerprint density at radius 3 is 2.81 bits per heavy atom. The Morgan fingerprint density at radius 2 is 2.05 bits per heavy atom. The summed E-state index contributed by atoms with van der Waals surface area (Å²) >= 11 is 1.58. The highest BCUT2D eigenvalue weighted by atomic mass is 32.1. The second kappa shape index (κ2) is 8.88. The van der Waals surface area contributed by atoms with Crippen LogP contribution in [-0.4, -0.2) is 45.3 Å². The molecular formula is C25H24F3N5O3S. The van der Waals surface area contributed by atoms with Gasteiger partial charge in [-0.05, 0) is 38.0 Å². The molecule has 1 saturated heterocycles. The minimum Gasteiger partial charge on any atom is -0.489 e. The Hall–Kier alpha value is -3.38. The zero-order chi connectivity index (χ0) is 25.8. The molecule has 194 valence electrons. The summed E-state index contributed by atoms with van der Waals surface area (Å²) in [6.45, 7) is 2.74. The lowest BCUT2D eigenvalue weighted by Gasteiger charge is -2.31. The summed E-state index contributed by atoms with van der Waals surface area (Å²) in [6.07, 6.45) is -1.05. The van der Waals surface area contributed by atoms with Crippen molar-refractivity contribution in [3.8, 4) is 5.75 Å². The van der Waals surface area contributed by atoms with Crippen LogP contribution in [0.4, 0.5) is 13.2 Å². The number of carbonyl (C=O) groups is 1. The average molecular weight is 532 g/mol. The number of hydrogen-bond donors (Lipinski definition) is 1. The van der Waals surface area contributed by atoms with E-state index in [9.17, 15) is 18.0 Å². The summed E-state index contributed by atoms with van der Waals surface area (Å²) < 4.78 is 45.7. The average Bonchev–Trinajstić information content (AvgIpc) is 3.67. The van der Waals surface area contributed by atoms with Crippen LogP contribution in [0.25, 0.3) is 5.70 Å². The smallest absolute Gasteiger partial charge is 0.435 e. The van der Waals surface area contributed by atoms with E-state index in [-0.39, 0.29) is 18.4 Å². The number of aryl methyl sites for hydroxylation is 1. The topological polar surface area (TPSA) is 81.5 Å². The maximum absolute atomic E-state index is 12.9. The van der Waals surface area contributed by atoms with Crippen molar-refractivity contribution in [2.24, 2.45) is 0 Å². The minimum absolute atomic E-state index is 0.206. The molecule has 1 amide bonds. The third kappa shape index (κ3) is 4.37. The van der Waals surface area contributed by atoms with Crippen molar-refractivity contribution in [2.45, 2.75) is 44.0 Å². The number of thiazole rings is 1. The number of alkyl halides is 3. The Labute approximate surface area is 214 Å². The molecule has 8 nitrogen and oxygen atoms in total. The molecule has 37 heavy (non-hydrogen) atoms. The number of fused-ring (bicyclic) bond motifs is 2. The molecule has 3 aliphatic rings. The molecule has 2 aromatic heterocycles. The number of rotatable bonds is 4. The highest BCUT2D eigenvalue weighted by Gasteiger charge is 2.45. The van der Waals surface area contributed by atoms with Crippen LogP contribution < -0.4 is 10.2 Å². The monoisotopic (exact) mass is 531 g/mol. The fraction of sp³-hybridized carbons (Fsp3) is 0.400. The van der Waals surface area contributed by atoms with Gasteiger partial charge >= 0.3 is 6.18 Å². The van der Waals surface area contributed by atoms with Crippen molar-refractivity contribution in [3.63, 3.8) is 0 Å². The van der Waals surface area contributed by atoms with Crippen LogP contribution in [-0.2, 0) is 28.0 Å². The number of aromatic nitrogens is 3. The molecule has 1 atom stereocenters. The molecular weight excluding hydrogens is 507 g/mol. The Kier molecular flexibility index (Phi) is 5.75. The van der Waals surface area contributed by atoms with Crippen LogP contribution in [0.1, 0.15) is 46.4 Å². The first-order valence-electron chi connectivity index (χ1n) is 12.0. The van der Waals surface area contributed by atoms with Gasteiger partial charge in [0.1, 0.15) is 18.9 Å². The summed E-state index contributed by atoms with van der Waals surface area (Å²) in [7, 11) is 0. The van der Waals surface area contributed by atoms with Gasteiger partial charge in [0.2, 0.25) is 5.91 Å². The van der Waals surface area contributed by atoms with Crippen LogP contribution in [0.3, 0.4) is 0 Å². The number of para-hydroxylation sites is 1. The predicted octanol–water partition coefficient (Wildman–Crippen LogP) is 4.24. The number of hydroxylamine groups is 1. The van der Waals surface area contributed by atoms with Crippen molar-refractivity contribution >= 4 is 22.9 Å². The molecule has 3 aromatic rings. The quantitative estimate of drug-likeness (QED) is 0.543. The van der Waals surface area contributed by atoms with Gasteiger partial charge in [-0.15, -0.1) is 11.3 Å². The van der Waals surface area contributed by atoms with E-state index in [2.05, 4.69) is 10.6 Å². The zero-order valence-electron chi connectivity index (χ0n) is 19.9. The molecule has 5 heterocycles. The van der Waals surface area contributed by atoms with E-state index in [1.165, 1.54) is 6.92 Å². The first kappa shape index (κ1) is 24.0. The second-order valence-electron chi connectivity index (χ2n) is 9.49. The number of likely N-dealkylation sites (tertiary alicyclic amines) is 1. The van der Waals surface area contributed by atoms with E-state index in [1.807, 2.05) is 35.7 Å². The molecule has 1 fully saturated rings. The molecule has 3 aliphatic heterocycles. The second-order valence-corrected chi connectivity index (χ2v) is 10.4. The van der Waals surface area contributed by atoms with Gasteiger partial charge in [-0.1, -0.05) is 18.2 Å². The molecule has 0 saturated carbocycles. The van der Waals surface area contributed by atoms with E-state index < -0.39 is 17.5 Å². The Bertz CT molecular complexity index is 1380. The van der Waals surface area contributed by atoms with Gasteiger partial charge in [0.15, 0.2) is 11.3 Å². The number of carbonyl (C=O) groups excluding carboxylic acids is 1. The Morgan fingerprint density at radius 1 is 1.27 bits per heavy atom. The van der Waals surface area contributed by atoms with E-state index >= 15 is 0 Å². The lowest BCUT2D eigenvalue weighted by Crippen LogP contribution is -2.40. The molecule has 6 rings (SSSR count). The number of nitrogens with zero attached hydrogens (tertiary/aromatic N) is 4. The van der Waals surface area contributed by atoms with E-state index in [4.69, 9.17) is 14.6 Å². The molecule has 1 aromatic carbocycles. The fourth-order valence-corrected chi connectivity index (χ4v) is 5.98. The summed E-state index contributed by atoms with van der Waals surface area (Å²) in [6, 6.07) is 8.76. The summed E-state index contributed by atoms with van der Waals surface area (Å²) in [5.41, 5.74) is 4.24. The number of ether oxygens (including phenoxy) is 1. The standard InChI is InChI=1S/C25H24F3N5O3S/c1-15-10-21(25(26,27)28)30-33(15)12-22(34)32-8-6-16(7-9-32)23-29-19(13-37-23)18-11-24(36-31-18)14-35-20-5-3-2-4-17(20)24/h2-5,10-11,13,16,31H,6-9,12,14H2,1H3/t24-/m0/s1. The lowest BCUT2D eigenvalue weighted by atomic mass is 9.95. The van der Waals surface area contributed by atoms with Gasteiger partial charge in [0, 0.05) is 35.6 Å². The summed E-state index contributed by atoms with van der Waals surface area (Å²) in [4.78, 5) is 25.2. The van der Waals surface area contributed by atoms with Crippen LogP contribution in [0.5, 0.6) is 5.75 Å².